The van der Waals surface area contributed by atoms with Gasteiger partial charge in [-0.1, -0.05) is 159 Å². The molecule has 0 saturated heterocycles. The van der Waals surface area contributed by atoms with Crippen LogP contribution in [0.4, 0.5) is 0 Å². The molecule has 47 heavy (non-hydrogen) atoms. The highest BCUT2D eigenvalue weighted by molar-refractivity contribution is 7.86. The smallest absolute Gasteiger partial charge is 0.170 e. The first-order valence-corrected chi connectivity index (χ1v) is 21.0. The summed E-state index contributed by atoms with van der Waals surface area (Å²) in [7, 11) is -5.16. The van der Waals surface area contributed by atoms with Gasteiger partial charge in [-0.3, -0.25) is 0 Å². The molecule has 0 spiro atoms. The Morgan fingerprint density at radius 3 is 1.55 bits per heavy atom. The molecule has 1 aliphatic rings. The molecule has 1 aliphatic heterocycles. The minimum absolute atomic E-state index is 0.903. The van der Waals surface area contributed by atoms with Gasteiger partial charge >= 0.3 is 0 Å². The molecular weight excluding hydrogens is 604 g/mol. The molecule has 1 unspecified atom stereocenters. The van der Waals surface area contributed by atoms with Crippen LogP contribution in [0, 0.1) is 0 Å². The minimum Gasteiger partial charge on any atom is -0.309 e. The summed E-state index contributed by atoms with van der Waals surface area (Å²) in [6, 6.07) is 58.5. The molecule has 1 heterocycles. The molecule has 0 saturated carbocycles. The van der Waals surface area contributed by atoms with Crippen LogP contribution in [0.2, 0.25) is 13.1 Å². The zero-order valence-electron chi connectivity index (χ0n) is 26.4. The number of hydrogen-bond donors (Lipinski definition) is 0. The van der Waals surface area contributed by atoms with Crippen LogP contribution in [0.3, 0.4) is 0 Å². The quantitative estimate of drug-likeness (QED) is 0.107. The van der Waals surface area contributed by atoms with Gasteiger partial charge in [0.25, 0.3) is 0 Å². The van der Waals surface area contributed by atoms with Crippen molar-refractivity contribution >= 4 is 73.8 Å². The Morgan fingerprint density at radius 1 is 0.383 bits per heavy atom. The van der Waals surface area contributed by atoms with E-state index >= 15 is 4.57 Å². The van der Waals surface area contributed by atoms with E-state index in [0.717, 1.165) is 27.0 Å². The average Bonchev–Trinajstić information content (AvgIpc) is 3.14. The minimum atomic E-state index is -3.08. The predicted molar refractivity (Wildman–Crippen MR) is 206 cm³/mol. The van der Waals surface area contributed by atoms with Crippen LogP contribution in [-0.4, -0.2) is 8.07 Å². The first-order valence-electron chi connectivity index (χ1n) is 16.3. The van der Waals surface area contributed by atoms with Crippen LogP contribution in [0.15, 0.2) is 164 Å². The summed E-state index contributed by atoms with van der Waals surface area (Å²) in [6.45, 7) is 4.79. The van der Waals surface area contributed by atoms with Gasteiger partial charge in [0.2, 0.25) is 0 Å². The summed E-state index contributed by atoms with van der Waals surface area (Å²) in [6.07, 6.45) is 0. The van der Waals surface area contributed by atoms with E-state index in [4.69, 9.17) is 0 Å². The van der Waals surface area contributed by atoms with Crippen LogP contribution in [-0.2, 0) is 4.57 Å². The molecule has 0 radical (unpaired) electrons. The number of hydrogen-bond acceptors (Lipinski definition) is 1. The molecule has 224 valence electrons. The lowest BCUT2D eigenvalue weighted by molar-refractivity contribution is 0.592. The van der Waals surface area contributed by atoms with Gasteiger partial charge in [0.1, 0.15) is 8.07 Å². The molecule has 0 N–H and O–H groups in total. The van der Waals surface area contributed by atoms with Crippen molar-refractivity contribution < 1.29 is 4.57 Å². The van der Waals surface area contributed by atoms with E-state index in [0.29, 0.717) is 0 Å². The van der Waals surface area contributed by atoms with Gasteiger partial charge in [-0.15, -0.1) is 0 Å². The molecule has 8 aromatic rings. The van der Waals surface area contributed by atoms with Gasteiger partial charge in [-0.2, -0.15) is 0 Å². The first kappa shape index (κ1) is 28.2. The fourth-order valence-corrected chi connectivity index (χ4v) is 16.1. The van der Waals surface area contributed by atoms with E-state index in [2.05, 4.69) is 140 Å². The lowest BCUT2D eigenvalue weighted by Crippen LogP contribution is -2.67. The van der Waals surface area contributed by atoms with Gasteiger partial charge in [-0.25, -0.2) is 0 Å². The van der Waals surface area contributed by atoms with Gasteiger partial charge in [0.05, 0.1) is 0 Å². The lowest BCUT2D eigenvalue weighted by Gasteiger charge is -2.38. The zero-order valence-corrected chi connectivity index (χ0v) is 28.3. The van der Waals surface area contributed by atoms with Crippen LogP contribution in [0.5, 0.6) is 0 Å². The van der Waals surface area contributed by atoms with Crippen molar-refractivity contribution in [3.8, 4) is 22.3 Å². The Balaban J connectivity index is 1.22. The Kier molecular flexibility index (Phi) is 6.31. The maximum absolute atomic E-state index is 15.6. The van der Waals surface area contributed by atoms with E-state index in [1.165, 1.54) is 53.8 Å². The van der Waals surface area contributed by atoms with Gasteiger partial charge in [0.15, 0.2) is 7.14 Å². The molecule has 3 heteroatoms. The van der Waals surface area contributed by atoms with Crippen LogP contribution in [0.1, 0.15) is 0 Å². The number of fused-ring (bicyclic) bond motifs is 8. The second-order valence-electron chi connectivity index (χ2n) is 13.3. The maximum Gasteiger partial charge on any atom is 0.170 e. The maximum atomic E-state index is 15.6. The van der Waals surface area contributed by atoms with Gasteiger partial charge in [0, 0.05) is 15.9 Å². The van der Waals surface area contributed by atoms with E-state index in [1.54, 1.807) is 0 Å². The van der Waals surface area contributed by atoms with Crippen molar-refractivity contribution in [1.82, 2.24) is 0 Å². The topological polar surface area (TPSA) is 17.1 Å². The van der Waals surface area contributed by atoms with Crippen LogP contribution in [0.25, 0.3) is 54.6 Å². The molecule has 0 aliphatic carbocycles. The van der Waals surface area contributed by atoms with Crippen molar-refractivity contribution in [1.29, 1.82) is 0 Å². The first-order chi connectivity index (χ1) is 22.9. The summed E-state index contributed by atoms with van der Waals surface area (Å²) < 4.78 is 15.6. The lowest BCUT2D eigenvalue weighted by atomic mass is 9.91. The van der Waals surface area contributed by atoms with Crippen LogP contribution < -0.4 is 26.3 Å². The monoisotopic (exact) mass is 636 g/mol. The summed E-state index contributed by atoms with van der Waals surface area (Å²) in [5.41, 5.74) is 4.59. The Labute approximate surface area is 276 Å². The third-order valence-corrected chi connectivity index (χ3v) is 17.4. The van der Waals surface area contributed by atoms with Crippen molar-refractivity contribution in [3.05, 3.63) is 164 Å². The van der Waals surface area contributed by atoms with Crippen molar-refractivity contribution in [2.45, 2.75) is 13.1 Å². The highest BCUT2D eigenvalue weighted by Gasteiger charge is 2.45. The predicted octanol–water partition coefficient (Wildman–Crippen LogP) is 9.26. The van der Waals surface area contributed by atoms with Gasteiger partial charge in [-0.05, 0) is 83.1 Å². The summed E-state index contributed by atoms with van der Waals surface area (Å²) in [4.78, 5) is 0. The second-order valence-corrected chi connectivity index (χ2v) is 20.3. The molecule has 0 amide bonds. The normalized spacial score (nSPS) is 16.6. The molecule has 0 fully saturated rings. The van der Waals surface area contributed by atoms with Crippen molar-refractivity contribution in [2.75, 3.05) is 0 Å². The highest BCUT2D eigenvalue weighted by atomic mass is 31.2. The number of rotatable bonds is 3. The van der Waals surface area contributed by atoms with E-state index in [-0.39, 0.29) is 0 Å². The molecular formula is C44H33OPSi. The van der Waals surface area contributed by atoms with Gasteiger partial charge < -0.3 is 4.57 Å². The summed E-state index contributed by atoms with van der Waals surface area (Å²) in [5.74, 6) is 0. The third-order valence-electron chi connectivity index (χ3n) is 10.3. The van der Waals surface area contributed by atoms with E-state index in [9.17, 15) is 0 Å². The van der Waals surface area contributed by atoms with E-state index in [1.807, 2.05) is 36.4 Å². The molecule has 1 atom stereocenters. The Bertz CT molecular complexity index is 2550. The zero-order chi connectivity index (χ0) is 31.8. The standard InChI is InChI=1S/C44H33OPSi/c1-47(2)43-22-11-10-21-41(43)46(45,34-15-4-3-5-16-34)42-29-33(24-26-44(42)47)31-14-12-13-30(27-31)32-23-25-39-37-19-7-6-17-35(37)36-18-8-9-20-38(36)40(39)28-32/h3-29H,1-2H3. The average molecular weight is 637 g/mol. The summed E-state index contributed by atoms with van der Waals surface area (Å²) >= 11 is 0. The number of benzene rings is 8. The largest absolute Gasteiger partial charge is 0.309 e. The third kappa shape index (κ3) is 4.19. The second kappa shape index (κ2) is 10.5. The van der Waals surface area contributed by atoms with Crippen molar-refractivity contribution in [2.24, 2.45) is 0 Å². The molecule has 9 rings (SSSR count). The molecule has 8 aromatic carbocycles. The highest BCUT2D eigenvalue weighted by Crippen LogP contribution is 2.45. The molecule has 0 bridgehead atoms. The molecule has 1 nitrogen and oxygen atoms in total. The Hall–Kier alpha value is -5.01. The SMILES string of the molecule is C[Si]1(C)c2ccccc2P(=O)(c2ccccc2)c2cc(-c3cccc(-c4ccc5c6ccccc6c6ccccc6c5c4)c3)ccc21. The summed E-state index contributed by atoms with van der Waals surface area (Å²) in [5, 5.41) is 13.2. The van der Waals surface area contributed by atoms with Crippen molar-refractivity contribution in [3.63, 3.8) is 0 Å². The fourth-order valence-electron chi connectivity index (χ4n) is 7.93. The van der Waals surface area contributed by atoms with Crippen LogP contribution >= 0.6 is 7.14 Å². The van der Waals surface area contributed by atoms with E-state index < -0.39 is 15.2 Å². The fraction of sp³-hybridized carbons (Fsp3) is 0.0455. The molecule has 0 aromatic heterocycles. The Morgan fingerprint density at radius 2 is 0.872 bits per heavy atom.